The monoisotopic (exact) mass is 569 g/mol. The lowest BCUT2D eigenvalue weighted by Gasteiger charge is -2.51. The van der Waals surface area contributed by atoms with Gasteiger partial charge in [0.05, 0.1) is 6.54 Å². The number of carboxylic acids is 1. The fraction of sp³-hybridized carbons (Fsp3) is 0.500. The molecule has 3 heterocycles. The van der Waals surface area contributed by atoms with Gasteiger partial charge >= 0.3 is 11.9 Å². The number of hydrogen-bond acceptors (Lipinski definition) is 8. The number of carbonyl (C=O) groups is 3. The van der Waals surface area contributed by atoms with E-state index in [2.05, 4.69) is 5.32 Å². The number of thioether (sulfide) groups is 1. The SMILES string of the molecule is CSc1ccc2c(c1)C(c1cccc3c1OCO3)OCC(=O)[N+]2(CC(C)(C)C)[C@@H]1CCNC[C@@]1(C(C)=O)C(=O)O. The van der Waals surface area contributed by atoms with Crippen molar-refractivity contribution in [2.45, 2.75) is 51.2 Å². The van der Waals surface area contributed by atoms with E-state index in [1.54, 1.807) is 11.8 Å². The summed E-state index contributed by atoms with van der Waals surface area (Å²) in [7, 11) is 0. The van der Waals surface area contributed by atoms with Gasteiger partial charge in [0.25, 0.3) is 0 Å². The quantitative estimate of drug-likeness (QED) is 0.301. The second-order valence-electron chi connectivity index (χ2n) is 12.0. The van der Waals surface area contributed by atoms with Crippen LogP contribution in [0.2, 0.25) is 0 Å². The molecule has 1 saturated heterocycles. The lowest BCUT2D eigenvalue weighted by atomic mass is 9.70. The van der Waals surface area contributed by atoms with Crippen LogP contribution in [0.15, 0.2) is 41.3 Å². The number of aliphatic carboxylic acids is 1. The Bertz CT molecular complexity index is 1340. The minimum absolute atomic E-state index is 0.0420. The zero-order valence-corrected chi connectivity index (χ0v) is 24.4. The zero-order valence-electron chi connectivity index (χ0n) is 23.6. The van der Waals surface area contributed by atoms with E-state index in [9.17, 15) is 19.5 Å². The van der Waals surface area contributed by atoms with E-state index in [1.165, 1.54) is 6.92 Å². The third-order valence-corrected chi connectivity index (χ3v) is 9.03. The summed E-state index contributed by atoms with van der Waals surface area (Å²) in [5, 5.41) is 13.8. The molecule has 40 heavy (non-hydrogen) atoms. The highest BCUT2D eigenvalue weighted by atomic mass is 32.2. The van der Waals surface area contributed by atoms with Crippen molar-refractivity contribution in [2.75, 3.05) is 39.3 Å². The predicted molar refractivity (Wildman–Crippen MR) is 152 cm³/mol. The number of fused-ring (bicyclic) bond motifs is 2. The molecule has 10 heteroatoms. The van der Waals surface area contributed by atoms with Crippen LogP contribution in [0, 0.1) is 10.8 Å². The van der Waals surface area contributed by atoms with Crippen LogP contribution in [-0.4, -0.2) is 68.1 Å². The average Bonchev–Trinajstić information content (AvgIpc) is 3.36. The highest BCUT2D eigenvalue weighted by Gasteiger charge is 2.65. The first-order chi connectivity index (χ1) is 19.0. The Labute approximate surface area is 238 Å². The molecule has 2 aromatic carbocycles. The number of benzene rings is 2. The Morgan fingerprint density at radius 2 is 1.95 bits per heavy atom. The Morgan fingerprint density at radius 1 is 1.18 bits per heavy atom. The van der Waals surface area contributed by atoms with Crippen LogP contribution < -0.4 is 19.3 Å². The normalized spacial score (nSPS) is 28.1. The van der Waals surface area contributed by atoms with E-state index in [-0.39, 0.29) is 30.3 Å². The van der Waals surface area contributed by atoms with Gasteiger partial charge in [0.2, 0.25) is 6.79 Å². The molecule has 2 aromatic rings. The molecular formula is C30H37N2O7S+. The molecule has 0 saturated carbocycles. The molecule has 3 aliphatic heterocycles. The fourth-order valence-corrected chi connectivity index (χ4v) is 7.18. The van der Waals surface area contributed by atoms with Crippen LogP contribution in [-0.2, 0) is 19.1 Å². The summed E-state index contributed by atoms with van der Waals surface area (Å²) >= 11 is 1.57. The Hall–Kier alpha value is -2.92. The number of nitrogens with zero attached hydrogens (tertiary/aromatic N) is 1. The van der Waals surface area contributed by atoms with Gasteiger partial charge in [-0.15, -0.1) is 11.8 Å². The van der Waals surface area contributed by atoms with Gasteiger partial charge in [-0.25, -0.2) is 9.28 Å². The molecule has 1 amide bonds. The standard InChI is InChI=1S/C30H36N2O7S/c1-18(33)30(28(35)36)15-31-12-11-24(30)32(16-29(2,3)4)22-10-9-19(40-5)13-21(22)26(37-14-25(32)34)20-7-6-8-23-27(20)39-17-38-23/h6-10,13,24,26,31H,11-12,14-17H2,1-5H3/p+1/t24-,26?,30+,32?/m1/s1. The number of ketones is 1. The van der Waals surface area contributed by atoms with Crippen LogP contribution in [0.3, 0.4) is 0 Å². The number of ether oxygens (including phenoxy) is 3. The van der Waals surface area contributed by atoms with Gasteiger partial charge < -0.3 is 24.6 Å². The van der Waals surface area contributed by atoms with E-state index in [4.69, 9.17) is 14.2 Å². The molecule has 214 valence electrons. The molecule has 2 unspecified atom stereocenters. The van der Waals surface area contributed by atoms with Crippen molar-refractivity contribution in [3.05, 3.63) is 47.5 Å². The molecule has 5 rings (SSSR count). The molecule has 0 aliphatic carbocycles. The van der Waals surface area contributed by atoms with Crippen molar-refractivity contribution in [3.63, 3.8) is 0 Å². The number of piperidine rings is 1. The van der Waals surface area contributed by atoms with E-state index in [0.717, 1.165) is 16.0 Å². The summed E-state index contributed by atoms with van der Waals surface area (Å²) in [6.45, 7) is 8.01. The summed E-state index contributed by atoms with van der Waals surface area (Å²) in [6, 6.07) is 10.7. The van der Waals surface area contributed by atoms with Crippen LogP contribution >= 0.6 is 11.8 Å². The maximum Gasteiger partial charge on any atom is 0.344 e. The van der Waals surface area contributed by atoms with Gasteiger partial charge in [-0.2, -0.15) is 0 Å². The van der Waals surface area contributed by atoms with E-state index < -0.39 is 34.7 Å². The smallest absolute Gasteiger partial charge is 0.344 e. The third-order valence-electron chi connectivity index (χ3n) is 8.31. The molecular weight excluding hydrogens is 532 g/mol. The number of hydrogen-bond donors (Lipinski definition) is 2. The third kappa shape index (κ3) is 4.51. The van der Waals surface area contributed by atoms with Crippen molar-refractivity contribution >= 4 is 35.1 Å². The summed E-state index contributed by atoms with van der Waals surface area (Å²) in [6.07, 6.45) is 1.65. The van der Waals surface area contributed by atoms with E-state index >= 15 is 0 Å². The minimum Gasteiger partial charge on any atom is -0.480 e. The molecule has 0 aromatic heterocycles. The van der Waals surface area contributed by atoms with Gasteiger partial charge in [-0.3, -0.25) is 9.59 Å². The summed E-state index contributed by atoms with van der Waals surface area (Å²) in [5.74, 6) is -0.769. The molecule has 3 aliphatic rings. The number of carboxylic acid groups (broad SMARTS) is 1. The molecule has 0 spiro atoms. The molecule has 0 radical (unpaired) electrons. The van der Waals surface area contributed by atoms with Crippen LogP contribution in [0.5, 0.6) is 11.5 Å². The summed E-state index contributed by atoms with van der Waals surface area (Å²) in [5.41, 5.74) is -0.0385. The molecule has 4 atom stereocenters. The van der Waals surface area contributed by atoms with Crippen LogP contribution in [0.25, 0.3) is 0 Å². The van der Waals surface area contributed by atoms with Crippen molar-refractivity contribution in [3.8, 4) is 11.5 Å². The fourth-order valence-electron chi connectivity index (χ4n) is 6.73. The number of amides is 1. The van der Waals surface area contributed by atoms with Crippen molar-refractivity contribution in [2.24, 2.45) is 10.8 Å². The van der Waals surface area contributed by atoms with Gasteiger partial charge in [0, 0.05) is 47.0 Å². The van der Waals surface area contributed by atoms with Crippen LogP contribution in [0.1, 0.15) is 51.3 Å². The number of rotatable bonds is 6. The highest BCUT2D eigenvalue weighted by Crippen LogP contribution is 2.51. The molecule has 1 fully saturated rings. The minimum atomic E-state index is -1.79. The first-order valence-electron chi connectivity index (χ1n) is 13.5. The topological polar surface area (TPSA) is 111 Å². The lowest BCUT2D eigenvalue weighted by molar-refractivity contribution is -0.164. The predicted octanol–water partition coefficient (Wildman–Crippen LogP) is 4.16. The highest BCUT2D eigenvalue weighted by molar-refractivity contribution is 7.98. The summed E-state index contributed by atoms with van der Waals surface area (Å²) < 4.78 is 17.6. The number of carbonyl (C=O) groups excluding carboxylic acids is 2. The number of Topliss-reactive ketones (excluding diaryl/α,β-unsaturated/α-hetero) is 1. The second-order valence-corrected chi connectivity index (χ2v) is 12.9. The maximum atomic E-state index is 14.6. The molecule has 0 bridgehead atoms. The lowest BCUT2D eigenvalue weighted by Crippen LogP contribution is -2.75. The van der Waals surface area contributed by atoms with Gasteiger partial charge in [0.15, 0.2) is 29.3 Å². The number of nitrogens with one attached hydrogen (secondary N) is 1. The first-order valence-corrected chi connectivity index (χ1v) is 14.7. The Balaban J connectivity index is 1.84. The van der Waals surface area contributed by atoms with Gasteiger partial charge in [0.1, 0.15) is 17.8 Å². The Morgan fingerprint density at radius 3 is 2.62 bits per heavy atom. The van der Waals surface area contributed by atoms with Crippen molar-refractivity contribution < 1.29 is 33.7 Å². The van der Waals surface area contributed by atoms with E-state index in [1.807, 2.05) is 63.4 Å². The van der Waals surface area contributed by atoms with E-state index in [0.29, 0.717) is 36.7 Å². The largest absolute Gasteiger partial charge is 0.480 e. The molecule has 2 N–H and O–H groups in total. The summed E-state index contributed by atoms with van der Waals surface area (Å²) in [4.78, 5) is 42.0. The van der Waals surface area contributed by atoms with Crippen molar-refractivity contribution in [1.82, 2.24) is 9.80 Å². The zero-order chi connectivity index (χ0) is 28.9. The van der Waals surface area contributed by atoms with Gasteiger partial charge in [-0.05, 0) is 31.4 Å². The van der Waals surface area contributed by atoms with Gasteiger partial charge in [-0.1, -0.05) is 32.9 Å². The number of para-hydroxylation sites is 1. The molecule has 9 nitrogen and oxygen atoms in total. The Kier molecular flexibility index (Phi) is 7.50. The van der Waals surface area contributed by atoms with Crippen LogP contribution in [0.4, 0.5) is 5.69 Å². The number of quaternary nitrogens is 1. The maximum absolute atomic E-state index is 14.6. The second kappa shape index (κ2) is 10.5. The van der Waals surface area contributed by atoms with Crippen molar-refractivity contribution in [1.29, 1.82) is 0 Å². The first kappa shape index (κ1) is 28.6. The average molecular weight is 570 g/mol.